The third-order valence-electron chi connectivity index (χ3n) is 2.65. The SMILES string of the molecule is COC(=O)c1cncnc1NCc1nn(C)cc1C. The van der Waals surface area contributed by atoms with Crippen LogP contribution in [0.25, 0.3) is 0 Å². The predicted molar refractivity (Wildman–Crippen MR) is 68.6 cm³/mol. The van der Waals surface area contributed by atoms with Crippen molar-refractivity contribution in [3.05, 3.63) is 35.5 Å². The van der Waals surface area contributed by atoms with Gasteiger partial charge in [-0.15, -0.1) is 0 Å². The van der Waals surface area contributed by atoms with Gasteiger partial charge in [0.1, 0.15) is 17.7 Å². The molecule has 0 saturated heterocycles. The average Bonchev–Trinajstić information content (AvgIpc) is 2.74. The summed E-state index contributed by atoms with van der Waals surface area (Å²) in [5.41, 5.74) is 2.28. The van der Waals surface area contributed by atoms with Crippen LogP contribution in [-0.4, -0.2) is 32.8 Å². The molecule has 0 aliphatic carbocycles. The molecule has 100 valence electrons. The molecule has 0 aliphatic rings. The summed E-state index contributed by atoms with van der Waals surface area (Å²) < 4.78 is 6.42. The van der Waals surface area contributed by atoms with Crippen LogP contribution in [0.2, 0.25) is 0 Å². The highest BCUT2D eigenvalue weighted by Crippen LogP contribution is 2.13. The third-order valence-corrected chi connectivity index (χ3v) is 2.65. The van der Waals surface area contributed by atoms with Crippen molar-refractivity contribution < 1.29 is 9.53 Å². The van der Waals surface area contributed by atoms with Gasteiger partial charge in [-0.1, -0.05) is 0 Å². The minimum Gasteiger partial charge on any atom is -0.465 e. The monoisotopic (exact) mass is 261 g/mol. The fraction of sp³-hybridized carbons (Fsp3) is 0.333. The minimum absolute atomic E-state index is 0.304. The number of rotatable bonds is 4. The minimum atomic E-state index is -0.471. The topological polar surface area (TPSA) is 81.9 Å². The second-order valence-corrected chi connectivity index (χ2v) is 4.06. The van der Waals surface area contributed by atoms with Gasteiger partial charge in [0.05, 0.1) is 19.3 Å². The zero-order valence-electron chi connectivity index (χ0n) is 11.0. The molecule has 7 heteroatoms. The van der Waals surface area contributed by atoms with E-state index in [1.54, 1.807) is 4.68 Å². The van der Waals surface area contributed by atoms with Gasteiger partial charge in [0.25, 0.3) is 0 Å². The summed E-state index contributed by atoms with van der Waals surface area (Å²) in [5.74, 6) is -0.0345. The Kier molecular flexibility index (Phi) is 3.74. The van der Waals surface area contributed by atoms with Gasteiger partial charge in [-0.3, -0.25) is 4.68 Å². The Bertz CT molecular complexity index is 594. The van der Waals surface area contributed by atoms with Gasteiger partial charge in [-0.25, -0.2) is 14.8 Å². The molecule has 0 atom stereocenters. The second-order valence-electron chi connectivity index (χ2n) is 4.06. The maximum atomic E-state index is 11.6. The molecule has 1 N–H and O–H groups in total. The maximum absolute atomic E-state index is 11.6. The number of aromatic nitrogens is 4. The number of hydrogen-bond acceptors (Lipinski definition) is 6. The molecule has 0 amide bonds. The number of hydrogen-bond donors (Lipinski definition) is 1. The average molecular weight is 261 g/mol. The van der Waals surface area contributed by atoms with E-state index in [4.69, 9.17) is 0 Å². The molecule has 19 heavy (non-hydrogen) atoms. The molecule has 7 nitrogen and oxygen atoms in total. The van der Waals surface area contributed by atoms with Gasteiger partial charge in [0.2, 0.25) is 0 Å². The van der Waals surface area contributed by atoms with E-state index in [-0.39, 0.29) is 0 Å². The molecule has 0 aliphatic heterocycles. The molecule has 0 radical (unpaired) electrons. The van der Waals surface area contributed by atoms with E-state index in [1.165, 1.54) is 19.6 Å². The summed E-state index contributed by atoms with van der Waals surface area (Å²) in [4.78, 5) is 19.4. The largest absolute Gasteiger partial charge is 0.465 e. The molecule has 0 fully saturated rings. The van der Waals surface area contributed by atoms with Crippen LogP contribution in [-0.2, 0) is 18.3 Å². The van der Waals surface area contributed by atoms with Gasteiger partial charge >= 0.3 is 5.97 Å². The van der Waals surface area contributed by atoms with Crippen molar-refractivity contribution in [3.63, 3.8) is 0 Å². The molecule has 2 aromatic heterocycles. The third kappa shape index (κ3) is 2.87. The van der Waals surface area contributed by atoms with Crippen molar-refractivity contribution in [1.29, 1.82) is 0 Å². The fourth-order valence-corrected chi connectivity index (χ4v) is 1.72. The number of carbonyl (C=O) groups excluding carboxylic acids is 1. The fourth-order valence-electron chi connectivity index (χ4n) is 1.72. The Morgan fingerprint density at radius 2 is 2.32 bits per heavy atom. The van der Waals surface area contributed by atoms with Crippen molar-refractivity contribution in [3.8, 4) is 0 Å². The van der Waals surface area contributed by atoms with Crippen LogP contribution in [0.5, 0.6) is 0 Å². The van der Waals surface area contributed by atoms with Crippen LogP contribution >= 0.6 is 0 Å². The molecular weight excluding hydrogens is 246 g/mol. The lowest BCUT2D eigenvalue weighted by Gasteiger charge is -2.07. The number of nitrogens with one attached hydrogen (secondary N) is 1. The van der Waals surface area contributed by atoms with Gasteiger partial charge in [-0.2, -0.15) is 5.10 Å². The van der Waals surface area contributed by atoms with Crippen molar-refractivity contribution in [1.82, 2.24) is 19.7 Å². The van der Waals surface area contributed by atoms with Crippen LogP contribution in [0.3, 0.4) is 0 Å². The lowest BCUT2D eigenvalue weighted by atomic mass is 10.2. The van der Waals surface area contributed by atoms with E-state index in [0.29, 0.717) is 17.9 Å². The summed E-state index contributed by atoms with van der Waals surface area (Å²) >= 11 is 0. The normalized spacial score (nSPS) is 10.3. The second kappa shape index (κ2) is 5.47. The van der Waals surface area contributed by atoms with Crippen LogP contribution < -0.4 is 5.32 Å². The Hall–Kier alpha value is -2.44. The highest BCUT2D eigenvalue weighted by Gasteiger charge is 2.13. The van der Waals surface area contributed by atoms with Crippen molar-refractivity contribution in [2.45, 2.75) is 13.5 Å². The highest BCUT2D eigenvalue weighted by atomic mass is 16.5. The summed E-state index contributed by atoms with van der Waals surface area (Å²) in [5, 5.41) is 7.39. The predicted octanol–water partition coefficient (Wildman–Crippen LogP) is 0.917. The summed E-state index contributed by atoms with van der Waals surface area (Å²) in [6.07, 6.45) is 4.73. The number of methoxy groups -OCH3 is 1. The zero-order chi connectivity index (χ0) is 13.8. The van der Waals surface area contributed by atoms with E-state index < -0.39 is 5.97 Å². The molecule has 2 rings (SSSR count). The van der Waals surface area contributed by atoms with E-state index in [1.807, 2.05) is 20.2 Å². The van der Waals surface area contributed by atoms with E-state index in [2.05, 4.69) is 25.1 Å². The number of anilines is 1. The number of carbonyl (C=O) groups is 1. The molecule has 0 spiro atoms. The quantitative estimate of drug-likeness (QED) is 0.824. The molecule has 0 aromatic carbocycles. The molecule has 2 heterocycles. The molecule has 0 saturated carbocycles. The zero-order valence-corrected chi connectivity index (χ0v) is 11.0. The highest BCUT2D eigenvalue weighted by molar-refractivity contribution is 5.94. The summed E-state index contributed by atoms with van der Waals surface area (Å²) in [7, 11) is 3.18. The van der Waals surface area contributed by atoms with Crippen molar-refractivity contribution in [2.24, 2.45) is 7.05 Å². The number of nitrogens with zero attached hydrogens (tertiary/aromatic N) is 4. The van der Waals surface area contributed by atoms with Gasteiger partial charge < -0.3 is 10.1 Å². The first-order valence-electron chi connectivity index (χ1n) is 5.73. The van der Waals surface area contributed by atoms with E-state index in [9.17, 15) is 4.79 Å². The van der Waals surface area contributed by atoms with E-state index >= 15 is 0 Å². The van der Waals surface area contributed by atoms with Crippen LogP contribution in [0, 0.1) is 6.92 Å². The molecule has 0 bridgehead atoms. The Morgan fingerprint density at radius 3 is 2.95 bits per heavy atom. The molecular formula is C12H15N5O2. The number of esters is 1. The Morgan fingerprint density at radius 1 is 1.53 bits per heavy atom. The first-order valence-corrected chi connectivity index (χ1v) is 5.73. The number of ether oxygens (including phenoxy) is 1. The lowest BCUT2D eigenvalue weighted by Crippen LogP contribution is -2.11. The van der Waals surface area contributed by atoms with Crippen molar-refractivity contribution in [2.75, 3.05) is 12.4 Å². The van der Waals surface area contributed by atoms with Crippen LogP contribution in [0.1, 0.15) is 21.6 Å². The van der Waals surface area contributed by atoms with E-state index in [0.717, 1.165) is 11.3 Å². The van der Waals surface area contributed by atoms with Gasteiger partial charge in [0, 0.05) is 19.4 Å². The first-order chi connectivity index (χ1) is 9.11. The van der Waals surface area contributed by atoms with Gasteiger partial charge in [-0.05, 0) is 12.5 Å². The van der Waals surface area contributed by atoms with Gasteiger partial charge in [0.15, 0.2) is 0 Å². The molecule has 0 unspecified atom stereocenters. The summed E-state index contributed by atoms with van der Waals surface area (Å²) in [6, 6.07) is 0. The Balaban J connectivity index is 2.16. The standard InChI is InChI=1S/C12H15N5O2/c1-8-6-17(2)16-10(8)5-14-11-9(12(18)19-3)4-13-7-15-11/h4,6-7H,5H2,1-3H3,(H,13,14,15). The Labute approximate surface area is 110 Å². The summed E-state index contributed by atoms with van der Waals surface area (Å²) in [6.45, 7) is 2.46. The van der Waals surface area contributed by atoms with Crippen LogP contribution in [0.4, 0.5) is 5.82 Å². The smallest absolute Gasteiger partial charge is 0.343 e. The lowest BCUT2D eigenvalue weighted by molar-refractivity contribution is 0.0601. The first kappa shape index (κ1) is 13.0. The number of aryl methyl sites for hydroxylation is 2. The maximum Gasteiger partial charge on any atom is 0.343 e. The molecule has 2 aromatic rings. The van der Waals surface area contributed by atoms with Crippen LogP contribution in [0.15, 0.2) is 18.7 Å². The van der Waals surface area contributed by atoms with Crippen molar-refractivity contribution >= 4 is 11.8 Å².